The van der Waals surface area contributed by atoms with Crippen LogP contribution in [0.5, 0.6) is 11.5 Å². The Morgan fingerprint density at radius 3 is 2.77 bits per heavy atom. The van der Waals surface area contributed by atoms with E-state index in [0.29, 0.717) is 30.7 Å². The highest BCUT2D eigenvalue weighted by Gasteiger charge is 2.36. The maximum Gasteiger partial charge on any atom is 0.241 e. The van der Waals surface area contributed by atoms with Gasteiger partial charge in [-0.25, -0.2) is 0 Å². The van der Waals surface area contributed by atoms with Crippen molar-refractivity contribution in [3.63, 3.8) is 0 Å². The van der Waals surface area contributed by atoms with Crippen LogP contribution in [0.4, 0.5) is 0 Å². The molecular formula is C23H23N3O5. The third-order valence-corrected chi connectivity index (χ3v) is 6.11. The van der Waals surface area contributed by atoms with E-state index in [0.717, 1.165) is 29.9 Å². The van der Waals surface area contributed by atoms with Crippen molar-refractivity contribution in [2.75, 3.05) is 26.6 Å². The molecular weight excluding hydrogens is 398 g/mol. The Bertz CT molecular complexity index is 1180. The van der Waals surface area contributed by atoms with Crippen LogP contribution in [0.15, 0.2) is 53.5 Å². The van der Waals surface area contributed by atoms with Gasteiger partial charge in [-0.1, -0.05) is 18.2 Å². The number of carbonyl (C=O) groups is 1. The Morgan fingerprint density at radius 1 is 1.10 bits per heavy atom. The molecule has 3 aromatic rings. The lowest BCUT2D eigenvalue weighted by atomic mass is 9.74. The number of nitrogens with zero attached hydrogens (tertiary/aromatic N) is 2. The van der Waals surface area contributed by atoms with Crippen LogP contribution in [-0.4, -0.2) is 42.2 Å². The van der Waals surface area contributed by atoms with E-state index in [9.17, 15) is 9.59 Å². The summed E-state index contributed by atoms with van der Waals surface area (Å²) in [6.07, 6.45) is 2.85. The predicted octanol–water partition coefficient (Wildman–Crippen LogP) is 1.99. The van der Waals surface area contributed by atoms with E-state index >= 15 is 0 Å². The number of nitrogens with one attached hydrogen (secondary N) is 1. The topological polar surface area (TPSA) is 91.7 Å². The van der Waals surface area contributed by atoms with E-state index in [4.69, 9.17) is 14.2 Å². The molecule has 1 aromatic heterocycles. The summed E-state index contributed by atoms with van der Waals surface area (Å²) < 4.78 is 18.1. The number of amides is 1. The fourth-order valence-corrected chi connectivity index (χ4v) is 4.30. The molecule has 1 N–H and O–H groups in total. The quantitative estimate of drug-likeness (QED) is 0.678. The van der Waals surface area contributed by atoms with Gasteiger partial charge >= 0.3 is 0 Å². The Hall–Kier alpha value is -3.39. The van der Waals surface area contributed by atoms with E-state index in [1.165, 1.54) is 6.20 Å². The van der Waals surface area contributed by atoms with Gasteiger partial charge in [-0.2, -0.15) is 5.10 Å². The highest BCUT2D eigenvalue weighted by molar-refractivity contribution is 5.81. The molecule has 8 nitrogen and oxygen atoms in total. The third-order valence-electron chi connectivity index (χ3n) is 6.11. The molecule has 8 heteroatoms. The van der Waals surface area contributed by atoms with E-state index in [2.05, 4.69) is 10.4 Å². The van der Waals surface area contributed by atoms with Crippen LogP contribution in [0.2, 0.25) is 0 Å². The van der Waals surface area contributed by atoms with Gasteiger partial charge in [-0.05, 0) is 42.7 Å². The first-order valence-corrected chi connectivity index (χ1v) is 10.3. The van der Waals surface area contributed by atoms with Crippen molar-refractivity contribution < 1.29 is 19.0 Å². The van der Waals surface area contributed by atoms with E-state index in [1.807, 2.05) is 24.3 Å². The molecule has 5 rings (SSSR count). The van der Waals surface area contributed by atoms with Crippen molar-refractivity contribution in [1.29, 1.82) is 0 Å². The summed E-state index contributed by atoms with van der Waals surface area (Å²) in [4.78, 5) is 24.8. The largest absolute Gasteiger partial charge is 0.454 e. The predicted molar refractivity (Wildman–Crippen MR) is 113 cm³/mol. The number of para-hydroxylation sites is 1. The van der Waals surface area contributed by atoms with Crippen LogP contribution in [0.1, 0.15) is 18.4 Å². The SMILES string of the molecule is O=C(Cn1ncc(=O)c2ccccc21)NCC1(c2ccc3c(c2)OCO3)CCOCC1. The summed E-state index contributed by atoms with van der Waals surface area (Å²) >= 11 is 0. The lowest BCUT2D eigenvalue weighted by molar-refractivity contribution is -0.122. The second kappa shape index (κ2) is 8.03. The summed E-state index contributed by atoms with van der Waals surface area (Å²) in [5.41, 5.74) is 1.35. The van der Waals surface area contributed by atoms with Gasteiger partial charge in [-0.15, -0.1) is 0 Å². The number of aromatic nitrogens is 2. The summed E-state index contributed by atoms with van der Waals surface area (Å²) in [5, 5.41) is 7.78. The third kappa shape index (κ3) is 3.74. The van der Waals surface area contributed by atoms with Crippen molar-refractivity contribution in [3.8, 4) is 11.5 Å². The molecule has 0 spiro atoms. The molecule has 1 fully saturated rings. The Morgan fingerprint density at radius 2 is 1.90 bits per heavy atom. The molecule has 0 saturated carbocycles. The average molecular weight is 421 g/mol. The first-order chi connectivity index (χ1) is 15.1. The van der Waals surface area contributed by atoms with Crippen molar-refractivity contribution >= 4 is 16.8 Å². The van der Waals surface area contributed by atoms with Gasteiger partial charge in [0.25, 0.3) is 0 Å². The summed E-state index contributed by atoms with van der Waals surface area (Å²) in [7, 11) is 0. The Kier molecular flexibility index (Phi) is 5.07. The molecule has 1 saturated heterocycles. The highest BCUT2D eigenvalue weighted by Crippen LogP contribution is 2.40. The lowest BCUT2D eigenvalue weighted by Crippen LogP contribution is -2.45. The molecule has 2 aromatic carbocycles. The van der Waals surface area contributed by atoms with Gasteiger partial charge in [0.15, 0.2) is 11.5 Å². The number of carbonyl (C=O) groups excluding carboxylic acids is 1. The van der Waals surface area contributed by atoms with Crippen LogP contribution in [0.3, 0.4) is 0 Å². The van der Waals surface area contributed by atoms with E-state index in [1.54, 1.807) is 22.9 Å². The van der Waals surface area contributed by atoms with Gasteiger partial charge in [-0.3, -0.25) is 14.3 Å². The maximum absolute atomic E-state index is 12.8. The number of hydrogen-bond donors (Lipinski definition) is 1. The maximum atomic E-state index is 12.8. The molecule has 0 atom stereocenters. The Labute approximate surface area is 178 Å². The second-order valence-electron chi connectivity index (χ2n) is 7.92. The molecule has 0 radical (unpaired) electrons. The summed E-state index contributed by atoms with van der Waals surface area (Å²) in [5.74, 6) is 1.32. The van der Waals surface area contributed by atoms with E-state index < -0.39 is 0 Å². The molecule has 1 amide bonds. The average Bonchev–Trinajstić information content (AvgIpc) is 3.28. The molecule has 0 aliphatic carbocycles. The highest BCUT2D eigenvalue weighted by atomic mass is 16.7. The van der Waals surface area contributed by atoms with Crippen molar-refractivity contribution in [2.24, 2.45) is 0 Å². The fourth-order valence-electron chi connectivity index (χ4n) is 4.30. The molecule has 2 aliphatic rings. The molecule has 0 unspecified atom stereocenters. The van der Waals surface area contributed by atoms with Crippen LogP contribution in [-0.2, 0) is 21.5 Å². The van der Waals surface area contributed by atoms with Crippen LogP contribution >= 0.6 is 0 Å². The minimum Gasteiger partial charge on any atom is -0.454 e. The van der Waals surface area contributed by atoms with Crippen LogP contribution in [0.25, 0.3) is 10.9 Å². The molecule has 2 aliphatic heterocycles. The first kappa shape index (κ1) is 19.6. The number of rotatable bonds is 5. The normalized spacial score (nSPS) is 16.9. The van der Waals surface area contributed by atoms with Gasteiger partial charge in [0.2, 0.25) is 18.1 Å². The summed E-state index contributed by atoms with van der Waals surface area (Å²) in [6.45, 7) is 2.01. The van der Waals surface area contributed by atoms with Crippen molar-refractivity contribution in [2.45, 2.75) is 24.8 Å². The number of hydrogen-bond acceptors (Lipinski definition) is 6. The Balaban J connectivity index is 1.35. The molecule has 3 heterocycles. The van der Waals surface area contributed by atoms with Gasteiger partial charge in [0, 0.05) is 30.6 Å². The van der Waals surface area contributed by atoms with Gasteiger partial charge in [0.1, 0.15) is 6.54 Å². The standard InChI is InChI=1S/C23H23N3O5/c27-19-12-25-26(18-4-2-1-3-17(18)19)13-22(28)24-14-23(7-9-29-10-8-23)16-5-6-20-21(11-16)31-15-30-20/h1-6,11-12H,7-10,13-15H2,(H,24,28). The minimum absolute atomic E-state index is 0.0362. The first-order valence-electron chi connectivity index (χ1n) is 10.3. The van der Waals surface area contributed by atoms with Crippen LogP contribution in [0, 0.1) is 0 Å². The second-order valence-corrected chi connectivity index (χ2v) is 7.92. The lowest BCUT2D eigenvalue weighted by Gasteiger charge is -2.38. The van der Waals surface area contributed by atoms with Crippen molar-refractivity contribution in [1.82, 2.24) is 15.1 Å². The van der Waals surface area contributed by atoms with E-state index in [-0.39, 0.29) is 30.1 Å². The molecule has 160 valence electrons. The van der Waals surface area contributed by atoms with Crippen molar-refractivity contribution in [3.05, 3.63) is 64.4 Å². The smallest absolute Gasteiger partial charge is 0.241 e. The van der Waals surface area contributed by atoms with Crippen LogP contribution < -0.4 is 20.2 Å². The zero-order valence-electron chi connectivity index (χ0n) is 17.0. The summed E-state index contributed by atoms with van der Waals surface area (Å²) in [6, 6.07) is 13.1. The molecule has 0 bridgehead atoms. The van der Waals surface area contributed by atoms with Gasteiger partial charge < -0.3 is 19.5 Å². The number of benzene rings is 2. The number of fused-ring (bicyclic) bond motifs is 2. The number of ether oxygens (including phenoxy) is 3. The monoisotopic (exact) mass is 421 g/mol. The fraction of sp³-hybridized carbons (Fsp3) is 0.348. The molecule has 31 heavy (non-hydrogen) atoms. The van der Waals surface area contributed by atoms with Gasteiger partial charge in [0.05, 0.1) is 11.7 Å². The zero-order chi connectivity index (χ0) is 21.3. The zero-order valence-corrected chi connectivity index (χ0v) is 17.0. The minimum atomic E-state index is -0.242.